The molecule has 0 rings (SSSR count). The Hall–Kier alpha value is -0.170. The van der Waals surface area contributed by atoms with Gasteiger partial charge in [-0.05, 0) is 63.6 Å². The molecule has 6 heteroatoms. The fourth-order valence-electron chi connectivity index (χ4n) is 3.17. The number of hydrogen-bond donors (Lipinski definition) is 1. The maximum atomic E-state index is 10.5. The molecule has 0 bridgehead atoms. The summed E-state index contributed by atoms with van der Waals surface area (Å²) < 4.78 is 34.1. The Morgan fingerprint density at radius 1 is 0.833 bits per heavy atom. The van der Waals surface area contributed by atoms with Crippen molar-refractivity contribution in [2.75, 3.05) is 19.6 Å². The highest BCUT2D eigenvalue weighted by Gasteiger charge is 2.17. The smallest absolute Gasteiger partial charge is 0.304 e. The van der Waals surface area contributed by atoms with E-state index in [0.717, 1.165) is 6.42 Å². The molecule has 0 aromatic carbocycles. The van der Waals surface area contributed by atoms with E-state index in [-0.39, 0.29) is 0 Å². The lowest BCUT2D eigenvalue weighted by atomic mass is 9.88. The largest absolute Gasteiger partial charge is 0.397 e. The molecule has 0 aliphatic heterocycles. The molecule has 0 saturated carbocycles. The van der Waals surface area contributed by atoms with Gasteiger partial charge in [0.15, 0.2) is 0 Å². The summed E-state index contributed by atoms with van der Waals surface area (Å²) in [6.07, 6.45) is 2.41. The molecule has 0 aliphatic carbocycles. The van der Waals surface area contributed by atoms with Crippen LogP contribution in [0.1, 0.15) is 74.7 Å². The monoisotopic (exact) mass is 367 g/mol. The van der Waals surface area contributed by atoms with Gasteiger partial charge in [-0.25, -0.2) is 4.18 Å². The molecule has 3 atom stereocenters. The highest BCUT2D eigenvalue weighted by Crippen LogP contribution is 2.23. The summed E-state index contributed by atoms with van der Waals surface area (Å²) in [6.45, 7) is 20.5. The number of rotatable bonds is 11. The third-order valence-corrected chi connectivity index (χ3v) is 4.61. The van der Waals surface area contributed by atoms with Crippen LogP contribution in [0.15, 0.2) is 0 Å². The van der Waals surface area contributed by atoms with Crippen LogP contribution in [0.25, 0.3) is 0 Å². The molecule has 0 aromatic heterocycles. The van der Waals surface area contributed by atoms with Crippen molar-refractivity contribution in [2.45, 2.75) is 80.8 Å². The third kappa shape index (κ3) is 18.2. The van der Waals surface area contributed by atoms with Crippen LogP contribution in [-0.4, -0.2) is 43.6 Å². The van der Waals surface area contributed by atoms with Crippen molar-refractivity contribution < 1.29 is 17.2 Å². The second-order valence-electron chi connectivity index (χ2n) is 7.27. The van der Waals surface area contributed by atoms with E-state index < -0.39 is 16.5 Å². The van der Waals surface area contributed by atoms with Gasteiger partial charge < -0.3 is 4.90 Å². The molecule has 5 nitrogen and oxygen atoms in total. The minimum Gasteiger partial charge on any atom is -0.304 e. The number of nitrogens with zero attached hydrogens (tertiary/aromatic N) is 1. The first kappa shape index (κ1) is 26.1. The fourth-order valence-corrected chi connectivity index (χ4v) is 3.66. The Bertz CT molecular complexity index is 375. The molecule has 1 N–H and O–H groups in total. The summed E-state index contributed by atoms with van der Waals surface area (Å²) in [6, 6.07) is 0. The molecule has 0 spiro atoms. The maximum Gasteiger partial charge on any atom is 0.397 e. The van der Waals surface area contributed by atoms with Gasteiger partial charge in [-0.15, -0.1) is 0 Å². The van der Waals surface area contributed by atoms with E-state index in [0.29, 0.717) is 24.2 Å². The first-order valence-corrected chi connectivity index (χ1v) is 10.7. The standard InChI is InChI=1S/C12H26O4S.C6H15N/c1-9(2)6-10(3)7-11(4)8-12(5)16-17(13,14)15;1-4-7(5-2)6-3/h9-12H,6-8H2,1-5H3,(H,13,14,15);4-6H2,1-3H3. The van der Waals surface area contributed by atoms with E-state index in [1.54, 1.807) is 6.92 Å². The zero-order valence-electron chi connectivity index (χ0n) is 17.1. The summed E-state index contributed by atoms with van der Waals surface area (Å²) in [5, 5.41) is 0. The molecule has 0 aromatic rings. The predicted octanol–water partition coefficient (Wildman–Crippen LogP) is 4.64. The molecule has 3 unspecified atom stereocenters. The van der Waals surface area contributed by atoms with Crippen LogP contribution < -0.4 is 0 Å². The summed E-state index contributed by atoms with van der Waals surface area (Å²) >= 11 is 0. The Morgan fingerprint density at radius 3 is 1.54 bits per heavy atom. The molecule has 0 heterocycles. The molecule has 0 radical (unpaired) electrons. The minimum absolute atomic E-state index is 0.389. The fraction of sp³-hybridized carbons (Fsp3) is 1.00. The van der Waals surface area contributed by atoms with Gasteiger partial charge in [0.05, 0.1) is 6.10 Å². The Balaban J connectivity index is 0. The van der Waals surface area contributed by atoms with Crippen molar-refractivity contribution in [2.24, 2.45) is 17.8 Å². The van der Waals surface area contributed by atoms with Crippen molar-refractivity contribution in [1.29, 1.82) is 0 Å². The molecular weight excluding hydrogens is 326 g/mol. The van der Waals surface area contributed by atoms with E-state index >= 15 is 0 Å². The van der Waals surface area contributed by atoms with Crippen LogP contribution in [0.2, 0.25) is 0 Å². The highest BCUT2D eigenvalue weighted by atomic mass is 32.3. The summed E-state index contributed by atoms with van der Waals surface area (Å²) in [5.74, 6) is 1.70. The average Bonchev–Trinajstić information content (AvgIpc) is 2.37. The topological polar surface area (TPSA) is 66.8 Å². The van der Waals surface area contributed by atoms with Crippen LogP contribution >= 0.6 is 0 Å². The van der Waals surface area contributed by atoms with Gasteiger partial charge in [0.25, 0.3) is 0 Å². The van der Waals surface area contributed by atoms with Gasteiger partial charge in [-0.3, -0.25) is 4.55 Å². The molecule has 0 aliphatic rings. The SMILES string of the molecule is CC(C)CC(C)CC(C)CC(C)OS(=O)(=O)O.CCN(CC)CC. The number of hydrogen-bond acceptors (Lipinski definition) is 4. The third-order valence-electron chi connectivity index (χ3n) is 4.04. The quantitative estimate of drug-likeness (QED) is 0.539. The van der Waals surface area contributed by atoms with Gasteiger partial charge in [-0.2, -0.15) is 8.42 Å². The van der Waals surface area contributed by atoms with E-state index in [1.807, 2.05) is 0 Å². The van der Waals surface area contributed by atoms with Gasteiger partial charge >= 0.3 is 10.4 Å². The highest BCUT2D eigenvalue weighted by molar-refractivity contribution is 7.80. The van der Waals surface area contributed by atoms with Crippen LogP contribution in [0, 0.1) is 17.8 Å². The molecule has 148 valence electrons. The van der Waals surface area contributed by atoms with Crippen LogP contribution in [0.3, 0.4) is 0 Å². The van der Waals surface area contributed by atoms with Gasteiger partial charge in [-0.1, -0.05) is 48.5 Å². The van der Waals surface area contributed by atoms with Gasteiger partial charge in [0.1, 0.15) is 0 Å². The lowest BCUT2D eigenvalue weighted by Gasteiger charge is -2.21. The summed E-state index contributed by atoms with van der Waals surface area (Å²) in [7, 11) is -4.32. The van der Waals surface area contributed by atoms with E-state index in [2.05, 4.69) is 57.5 Å². The van der Waals surface area contributed by atoms with Crippen molar-refractivity contribution in [3.05, 3.63) is 0 Å². The zero-order chi connectivity index (χ0) is 19.3. The van der Waals surface area contributed by atoms with Crippen LogP contribution in [0.5, 0.6) is 0 Å². The second-order valence-corrected chi connectivity index (χ2v) is 8.31. The Kier molecular flexibility index (Phi) is 15.3. The van der Waals surface area contributed by atoms with Gasteiger partial charge in [0.2, 0.25) is 0 Å². The normalized spacial score (nSPS) is 15.8. The molecule has 0 amide bonds. The maximum absolute atomic E-state index is 10.5. The average molecular weight is 368 g/mol. The molecule has 0 saturated heterocycles. The van der Waals surface area contributed by atoms with Crippen LogP contribution in [-0.2, 0) is 14.6 Å². The molecular formula is C18H41NO4S. The first-order valence-electron chi connectivity index (χ1n) is 9.32. The predicted molar refractivity (Wildman–Crippen MR) is 103 cm³/mol. The Labute approximate surface area is 151 Å². The molecule has 24 heavy (non-hydrogen) atoms. The van der Waals surface area contributed by atoms with Gasteiger partial charge in [0, 0.05) is 0 Å². The van der Waals surface area contributed by atoms with Crippen molar-refractivity contribution >= 4 is 10.4 Å². The van der Waals surface area contributed by atoms with Crippen molar-refractivity contribution in [3.8, 4) is 0 Å². The first-order chi connectivity index (χ1) is 10.9. The van der Waals surface area contributed by atoms with E-state index in [1.165, 1.54) is 26.1 Å². The zero-order valence-corrected chi connectivity index (χ0v) is 17.9. The van der Waals surface area contributed by atoms with E-state index in [4.69, 9.17) is 4.55 Å². The lowest BCUT2D eigenvalue weighted by Crippen LogP contribution is -2.21. The minimum atomic E-state index is -4.32. The van der Waals surface area contributed by atoms with E-state index in [9.17, 15) is 8.42 Å². The van der Waals surface area contributed by atoms with Crippen molar-refractivity contribution in [1.82, 2.24) is 4.90 Å². The van der Waals surface area contributed by atoms with Crippen molar-refractivity contribution in [3.63, 3.8) is 0 Å². The summed E-state index contributed by atoms with van der Waals surface area (Å²) in [5.41, 5.74) is 0. The summed E-state index contributed by atoms with van der Waals surface area (Å²) in [4.78, 5) is 2.38. The molecule has 0 fully saturated rings. The van der Waals surface area contributed by atoms with Crippen LogP contribution in [0.4, 0.5) is 0 Å². The Morgan fingerprint density at radius 2 is 1.25 bits per heavy atom. The second kappa shape index (κ2) is 14.0. The lowest BCUT2D eigenvalue weighted by molar-refractivity contribution is 0.164.